The van der Waals surface area contributed by atoms with E-state index in [-0.39, 0.29) is 0 Å². The van der Waals surface area contributed by atoms with Crippen molar-refractivity contribution in [1.82, 2.24) is 15.0 Å². The minimum absolute atomic E-state index is 0.948. The van der Waals surface area contributed by atoms with Crippen LogP contribution in [0.15, 0.2) is 36.7 Å². The van der Waals surface area contributed by atoms with Gasteiger partial charge in [0.2, 0.25) is 0 Å². The lowest BCUT2D eigenvalue weighted by atomic mass is 10.1. The van der Waals surface area contributed by atoms with Gasteiger partial charge in [0.1, 0.15) is 5.82 Å². The summed E-state index contributed by atoms with van der Waals surface area (Å²) < 4.78 is 0. The Morgan fingerprint density at radius 2 is 2.00 bits per heavy atom. The molecule has 0 atom stereocenters. The molecular weight excluding hydrogens is 222 g/mol. The van der Waals surface area contributed by atoms with Crippen LogP contribution in [0.3, 0.4) is 0 Å². The highest BCUT2D eigenvalue weighted by Gasteiger charge is 2.08. The second-order valence-corrected chi connectivity index (χ2v) is 4.44. The highest BCUT2D eigenvalue weighted by atomic mass is 14.9. The fourth-order valence-corrected chi connectivity index (χ4v) is 2.20. The number of aromatic nitrogens is 3. The van der Waals surface area contributed by atoms with Crippen LogP contribution in [0.2, 0.25) is 0 Å². The SMILES string of the molecule is [CH2]CCCc1nc(-c2c[nH]c3ccccc23)c[nH]1. The molecule has 0 bridgehead atoms. The van der Waals surface area contributed by atoms with Crippen molar-refractivity contribution in [1.29, 1.82) is 0 Å². The van der Waals surface area contributed by atoms with E-state index in [9.17, 15) is 0 Å². The van der Waals surface area contributed by atoms with E-state index in [1.165, 1.54) is 5.39 Å². The quantitative estimate of drug-likeness (QED) is 0.715. The molecule has 2 N–H and O–H groups in total. The van der Waals surface area contributed by atoms with Gasteiger partial charge in [0.25, 0.3) is 0 Å². The number of para-hydroxylation sites is 1. The summed E-state index contributed by atoms with van der Waals surface area (Å²) in [6.45, 7) is 3.85. The third kappa shape index (κ3) is 1.92. The fourth-order valence-electron chi connectivity index (χ4n) is 2.20. The largest absolute Gasteiger partial charge is 0.360 e. The summed E-state index contributed by atoms with van der Waals surface area (Å²) >= 11 is 0. The van der Waals surface area contributed by atoms with Gasteiger partial charge in [0, 0.05) is 35.3 Å². The number of aromatic amines is 2. The second-order valence-electron chi connectivity index (χ2n) is 4.44. The average Bonchev–Trinajstić information content (AvgIpc) is 3.02. The molecule has 3 rings (SSSR count). The molecule has 0 saturated heterocycles. The number of fused-ring (bicyclic) bond motifs is 1. The highest BCUT2D eigenvalue weighted by Crippen LogP contribution is 2.27. The molecule has 3 aromatic rings. The van der Waals surface area contributed by atoms with Crippen LogP contribution >= 0.6 is 0 Å². The number of rotatable bonds is 4. The number of imidazole rings is 1. The van der Waals surface area contributed by atoms with Crippen molar-refractivity contribution in [3.63, 3.8) is 0 Å². The number of hydrogen-bond donors (Lipinski definition) is 2. The molecule has 0 amide bonds. The predicted octanol–water partition coefficient (Wildman–Crippen LogP) is 3.71. The lowest BCUT2D eigenvalue weighted by Crippen LogP contribution is -1.87. The predicted molar refractivity (Wildman–Crippen MR) is 74.2 cm³/mol. The first-order valence-electron chi connectivity index (χ1n) is 6.28. The Kier molecular flexibility index (Phi) is 2.89. The van der Waals surface area contributed by atoms with E-state index >= 15 is 0 Å². The summed E-state index contributed by atoms with van der Waals surface area (Å²) in [6.07, 6.45) is 6.98. The molecule has 0 unspecified atom stereocenters. The number of hydrogen-bond acceptors (Lipinski definition) is 1. The van der Waals surface area contributed by atoms with Crippen LogP contribution in [-0.2, 0) is 6.42 Å². The third-order valence-electron chi connectivity index (χ3n) is 3.16. The van der Waals surface area contributed by atoms with E-state index in [0.717, 1.165) is 41.9 Å². The van der Waals surface area contributed by atoms with Crippen molar-refractivity contribution in [2.75, 3.05) is 0 Å². The topological polar surface area (TPSA) is 44.5 Å². The Bertz CT molecular complexity index is 648. The van der Waals surface area contributed by atoms with Gasteiger partial charge in [-0.25, -0.2) is 4.98 Å². The van der Waals surface area contributed by atoms with Crippen LogP contribution in [0.1, 0.15) is 18.7 Å². The van der Waals surface area contributed by atoms with Crippen molar-refractivity contribution in [2.24, 2.45) is 0 Å². The van der Waals surface area contributed by atoms with Gasteiger partial charge >= 0.3 is 0 Å². The molecule has 0 aliphatic heterocycles. The third-order valence-corrected chi connectivity index (χ3v) is 3.16. The van der Waals surface area contributed by atoms with Crippen molar-refractivity contribution in [2.45, 2.75) is 19.3 Å². The van der Waals surface area contributed by atoms with Gasteiger partial charge < -0.3 is 9.97 Å². The summed E-state index contributed by atoms with van der Waals surface area (Å²) in [6, 6.07) is 8.28. The summed E-state index contributed by atoms with van der Waals surface area (Å²) in [5, 5.41) is 1.22. The van der Waals surface area contributed by atoms with Crippen LogP contribution in [0.4, 0.5) is 0 Å². The smallest absolute Gasteiger partial charge is 0.106 e. The Labute approximate surface area is 106 Å². The minimum Gasteiger partial charge on any atom is -0.360 e. The van der Waals surface area contributed by atoms with Gasteiger partial charge in [0.15, 0.2) is 0 Å². The summed E-state index contributed by atoms with van der Waals surface area (Å²) in [4.78, 5) is 11.2. The van der Waals surface area contributed by atoms with Gasteiger partial charge in [-0.15, -0.1) is 0 Å². The van der Waals surface area contributed by atoms with Crippen LogP contribution in [0.5, 0.6) is 0 Å². The molecule has 3 heteroatoms. The summed E-state index contributed by atoms with van der Waals surface area (Å²) in [5.74, 6) is 1.04. The monoisotopic (exact) mass is 238 g/mol. The summed E-state index contributed by atoms with van der Waals surface area (Å²) in [5.41, 5.74) is 3.31. The van der Waals surface area contributed by atoms with Crippen molar-refractivity contribution in [3.05, 3.63) is 49.4 Å². The zero-order chi connectivity index (χ0) is 12.4. The fraction of sp³-hybridized carbons (Fsp3) is 0.200. The maximum absolute atomic E-state index is 4.64. The first kappa shape index (κ1) is 11.1. The van der Waals surface area contributed by atoms with Gasteiger partial charge in [-0.3, -0.25) is 0 Å². The first-order valence-corrected chi connectivity index (χ1v) is 6.28. The van der Waals surface area contributed by atoms with Crippen LogP contribution in [0.25, 0.3) is 22.2 Å². The van der Waals surface area contributed by atoms with Gasteiger partial charge in [-0.05, 0) is 12.5 Å². The molecule has 2 aromatic heterocycles. The Morgan fingerprint density at radius 1 is 1.11 bits per heavy atom. The molecule has 18 heavy (non-hydrogen) atoms. The molecule has 2 heterocycles. The maximum Gasteiger partial charge on any atom is 0.106 e. The normalized spacial score (nSPS) is 11.2. The lowest BCUT2D eigenvalue weighted by Gasteiger charge is -1.94. The minimum atomic E-state index is 0.948. The van der Waals surface area contributed by atoms with Gasteiger partial charge in [-0.2, -0.15) is 0 Å². The number of aryl methyl sites for hydroxylation is 1. The molecular formula is C15H16N3. The average molecular weight is 238 g/mol. The van der Waals surface area contributed by atoms with Crippen LogP contribution in [-0.4, -0.2) is 15.0 Å². The number of H-pyrrole nitrogens is 2. The Hall–Kier alpha value is -2.03. The molecule has 0 aliphatic carbocycles. The molecule has 0 spiro atoms. The molecule has 1 aromatic carbocycles. The zero-order valence-corrected chi connectivity index (χ0v) is 10.2. The van der Waals surface area contributed by atoms with E-state index in [2.05, 4.69) is 40.1 Å². The zero-order valence-electron chi connectivity index (χ0n) is 10.2. The van der Waals surface area contributed by atoms with Gasteiger partial charge in [-0.1, -0.05) is 31.5 Å². The van der Waals surface area contributed by atoms with E-state index in [0.29, 0.717) is 0 Å². The van der Waals surface area contributed by atoms with E-state index < -0.39 is 0 Å². The van der Waals surface area contributed by atoms with Gasteiger partial charge in [0.05, 0.1) is 5.69 Å². The van der Waals surface area contributed by atoms with Crippen molar-refractivity contribution < 1.29 is 0 Å². The van der Waals surface area contributed by atoms with Crippen LogP contribution < -0.4 is 0 Å². The van der Waals surface area contributed by atoms with E-state index in [1.54, 1.807) is 0 Å². The van der Waals surface area contributed by atoms with Crippen molar-refractivity contribution in [3.8, 4) is 11.3 Å². The standard InChI is InChI=1S/C15H16N3/c1-2-3-8-15-17-10-14(18-15)12-9-16-13-7-5-4-6-11(12)13/h4-7,9-10,16H,1-3,8H2,(H,17,18). The lowest BCUT2D eigenvalue weighted by molar-refractivity contribution is 0.798. The number of nitrogens with one attached hydrogen (secondary N) is 2. The number of unbranched alkanes of at least 4 members (excludes halogenated alkanes) is 1. The number of benzene rings is 1. The van der Waals surface area contributed by atoms with Crippen molar-refractivity contribution >= 4 is 10.9 Å². The molecule has 1 radical (unpaired) electrons. The van der Waals surface area contributed by atoms with Crippen LogP contribution in [0, 0.1) is 6.92 Å². The van der Waals surface area contributed by atoms with E-state index in [4.69, 9.17) is 0 Å². The molecule has 91 valence electrons. The maximum atomic E-state index is 4.64. The highest BCUT2D eigenvalue weighted by molar-refractivity contribution is 5.94. The molecule has 0 saturated carbocycles. The second kappa shape index (κ2) is 4.69. The number of nitrogens with zero attached hydrogens (tertiary/aromatic N) is 1. The molecule has 3 nitrogen and oxygen atoms in total. The van der Waals surface area contributed by atoms with E-state index in [1.807, 2.05) is 18.5 Å². The molecule has 0 fully saturated rings. The molecule has 0 aliphatic rings. The Balaban J connectivity index is 1.96. The Morgan fingerprint density at radius 3 is 2.89 bits per heavy atom. The first-order chi connectivity index (χ1) is 8.88. The summed E-state index contributed by atoms with van der Waals surface area (Å²) in [7, 11) is 0.